The van der Waals surface area contributed by atoms with Gasteiger partial charge < -0.3 is 0 Å². The second-order valence-corrected chi connectivity index (χ2v) is 9.18. The minimum absolute atomic E-state index is 0. The Balaban J connectivity index is -0.000000420. The molecule has 4 aromatic carbocycles. The minimum atomic E-state index is 0. The van der Waals surface area contributed by atoms with Gasteiger partial charge in [-0.05, 0) is 70.6 Å². The van der Waals surface area contributed by atoms with Gasteiger partial charge in [-0.25, -0.2) is 0 Å². The van der Waals surface area contributed by atoms with E-state index in [0.717, 1.165) is 19.3 Å². The van der Waals surface area contributed by atoms with Crippen LogP contribution < -0.4 is 0 Å². The quantitative estimate of drug-likeness (QED) is 0.255. The monoisotopic (exact) mass is 514 g/mol. The normalized spacial score (nSPS) is 8.74. The van der Waals surface area contributed by atoms with Crippen LogP contribution in [0.25, 0.3) is 0 Å². The van der Waals surface area contributed by atoms with E-state index in [4.69, 9.17) is 0 Å². The Morgan fingerprint density at radius 2 is 0.658 bits per heavy atom. The van der Waals surface area contributed by atoms with Crippen molar-refractivity contribution in [2.24, 2.45) is 0 Å². The summed E-state index contributed by atoms with van der Waals surface area (Å²) in [7, 11) is 0. The van der Waals surface area contributed by atoms with Crippen molar-refractivity contribution >= 4 is 0 Å². The van der Waals surface area contributed by atoms with Gasteiger partial charge >= 0.3 is 0 Å². The summed E-state index contributed by atoms with van der Waals surface area (Å²) in [6.45, 7) is 17.1. The van der Waals surface area contributed by atoms with E-state index in [1.165, 1.54) is 44.5 Å². The SMILES string of the molecule is C.C.C.CCc1ccc(CC)cc1.CCc1cccc(C)c1.Cc1ccc(C)cc1.Cc1cccc(C)c1. The Morgan fingerprint density at radius 1 is 0.342 bits per heavy atom. The highest BCUT2D eigenvalue weighted by Crippen LogP contribution is 2.05. The van der Waals surface area contributed by atoms with Gasteiger partial charge in [0, 0.05) is 0 Å². The summed E-state index contributed by atoms with van der Waals surface area (Å²) < 4.78 is 0. The van der Waals surface area contributed by atoms with Gasteiger partial charge in [0.15, 0.2) is 0 Å². The average Bonchev–Trinajstić information content (AvgIpc) is 2.87. The Bertz CT molecular complexity index is 1010. The molecule has 0 aliphatic carbocycles. The molecule has 0 nitrogen and oxygen atoms in total. The van der Waals surface area contributed by atoms with E-state index in [9.17, 15) is 0 Å². The molecule has 0 amide bonds. The zero-order valence-electron chi connectivity index (χ0n) is 23.4. The first-order valence-electron chi connectivity index (χ1n) is 13.0. The molecule has 0 bridgehead atoms. The summed E-state index contributed by atoms with van der Waals surface area (Å²) in [5.74, 6) is 0. The number of aryl methyl sites for hydroxylation is 8. The fourth-order valence-corrected chi connectivity index (χ4v) is 3.39. The fourth-order valence-electron chi connectivity index (χ4n) is 3.39. The summed E-state index contributed by atoms with van der Waals surface area (Å²) in [6, 6.07) is 34.4. The molecular weight excluding hydrogens is 456 g/mol. The van der Waals surface area contributed by atoms with E-state index in [-0.39, 0.29) is 22.3 Å². The van der Waals surface area contributed by atoms with Gasteiger partial charge in [-0.1, -0.05) is 168 Å². The smallest absolute Gasteiger partial charge is 0.0307 e. The average molecular weight is 515 g/mol. The highest BCUT2D eigenvalue weighted by molar-refractivity contribution is 5.23. The third kappa shape index (κ3) is 18.2. The van der Waals surface area contributed by atoms with Crippen LogP contribution in [-0.2, 0) is 19.3 Å². The van der Waals surface area contributed by atoms with Gasteiger partial charge in [0.1, 0.15) is 0 Å². The summed E-state index contributed by atoms with van der Waals surface area (Å²) >= 11 is 0. The predicted octanol–water partition coefficient (Wildman–Crippen LogP) is 11.9. The topological polar surface area (TPSA) is 0 Å². The number of benzene rings is 4. The lowest BCUT2D eigenvalue weighted by Crippen LogP contribution is -1.81. The van der Waals surface area contributed by atoms with Gasteiger partial charge in [-0.15, -0.1) is 0 Å². The van der Waals surface area contributed by atoms with E-state index in [0.29, 0.717) is 0 Å². The molecule has 0 radical (unpaired) electrons. The maximum atomic E-state index is 2.22. The lowest BCUT2D eigenvalue weighted by atomic mass is 10.1. The molecule has 38 heavy (non-hydrogen) atoms. The van der Waals surface area contributed by atoms with Gasteiger partial charge in [0.05, 0.1) is 0 Å². The van der Waals surface area contributed by atoms with Crippen LogP contribution in [0.4, 0.5) is 0 Å². The molecule has 0 aliphatic rings. The van der Waals surface area contributed by atoms with Gasteiger partial charge in [-0.2, -0.15) is 0 Å². The van der Waals surface area contributed by atoms with Crippen molar-refractivity contribution in [1.29, 1.82) is 0 Å². The van der Waals surface area contributed by atoms with E-state index in [1.807, 2.05) is 0 Å². The maximum absolute atomic E-state index is 2.22. The molecule has 0 unspecified atom stereocenters. The number of hydrogen-bond donors (Lipinski definition) is 0. The second-order valence-electron chi connectivity index (χ2n) is 9.18. The molecule has 0 aromatic heterocycles. The second kappa shape index (κ2) is 23.0. The van der Waals surface area contributed by atoms with Crippen LogP contribution in [0, 0.1) is 34.6 Å². The maximum Gasteiger partial charge on any atom is -0.0307 e. The van der Waals surface area contributed by atoms with Crippen LogP contribution >= 0.6 is 0 Å². The van der Waals surface area contributed by atoms with Gasteiger partial charge in [-0.3, -0.25) is 0 Å². The summed E-state index contributed by atoms with van der Waals surface area (Å²) in [5.41, 5.74) is 11.0. The third-order valence-corrected chi connectivity index (χ3v) is 5.72. The fraction of sp³-hybridized carbons (Fsp3) is 0.368. The predicted molar refractivity (Wildman–Crippen MR) is 178 cm³/mol. The Morgan fingerprint density at radius 3 is 0.895 bits per heavy atom. The Labute approximate surface area is 238 Å². The lowest BCUT2D eigenvalue weighted by Gasteiger charge is -1.97. The van der Waals surface area contributed by atoms with E-state index in [2.05, 4.69) is 152 Å². The largest absolute Gasteiger partial charge is 0.0776 e. The molecule has 0 saturated carbocycles. The van der Waals surface area contributed by atoms with Crippen LogP contribution in [-0.4, -0.2) is 0 Å². The third-order valence-electron chi connectivity index (χ3n) is 5.72. The van der Waals surface area contributed by atoms with E-state index in [1.54, 1.807) is 0 Å². The molecule has 0 heterocycles. The molecule has 0 N–H and O–H groups in total. The lowest BCUT2D eigenvalue weighted by molar-refractivity contribution is 1.10. The van der Waals surface area contributed by atoms with Crippen LogP contribution in [0.5, 0.6) is 0 Å². The summed E-state index contributed by atoms with van der Waals surface area (Å²) in [6.07, 6.45) is 3.43. The van der Waals surface area contributed by atoms with Crippen molar-refractivity contribution in [3.63, 3.8) is 0 Å². The molecule has 0 fully saturated rings. The van der Waals surface area contributed by atoms with Crippen molar-refractivity contribution in [1.82, 2.24) is 0 Å². The molecule has 0 atom stereocenters. The number of rotatable bonds is 3. The van der Waals surface area contributed by atoms with Gasteiger partial charge in [0.25, 0.3) is 0 Å². The highest BCUT2D eigenvalue weighted by atomic mass is 13.9. The Hall–Kier alpha value is -3.12. The molecule has 4 aromatic rings. The van der Waals surface area contributed by atoms with Crippen molar-refractivity contribution < 1.29 is 0 Å². The van der Waals surface area contributed by atoms with Crippen molar-refractivity contribution in [2.45, 2.75) is 96.9 Å². The van der Waals surface area contributed by atoms with Crippen molar-refractivity contribution in [3.8, 4) is 0 Å². The standard InChI is InChI=1S/C10H14.C9H12.2C8H10.3CH4/c1-3-9-5-7-10(4-2)8-6-9;1-3-9-6-4-5-8(2)7-9;1-7-3-5-8(2)6-4-7;1-7-4-3-5-8(2)6-7;;;/h5-8H,3-4H2,1-2H3;4-7H,3H2,1-2H3;2*3-6H,1-2H3;3*1H4. The van der Waals surface area contributed by atoms with Crippen molar-refractivity contribution in [2.75, 3.05) is 0 Å². The molecule has 0 aliphatic heterocycles. The van der Waals surface area contributed by atoms with E-state index < -0.39 is 0 Å². The molecule has 0 saturated heterocycles. The summed E-state index contributed by atoms with van der Waals surface area (Å²) in [5, 5.41) is 0. The molecule has 4 rings (SSSR count). The zero-order chi connectivity index (χ0) is 26.1. The highest BCUT2D eigenvalue weighted by Gasteiger charge is 1.88. The van der Waals surface area contributed by atoms with Crippen LogP contribution in [0.2, 0.25) is 0 Å². The molecular formula is C38H58. The minimum Gasteiger partial charge on any atom is -0.0776 e. The zero-order valence-corrected chi connectivity index (χ0v) is 23.4. The molecule has 0 spiro atoms. The first-order chi connectivity index (χ1) is 16.8. The summed E-state index contributed by atoms with van der Waals surface area (Å²) in [4.78, 5) is 0. The van der Waals surface area contributed by atoms with Crippen LogP contribution in [0.15, 0.2) is 97.1 Å². The number of hydrogen-bond acceptors (Lipinski definition) is 0. The van der Waals surface area contributed by atoms with Gasteiger partial charge in [0.2, 0.25) is 0 Å². The first-order valence-corrected chi connectivity index (χ1v) is 13.0. The Kier molecular flexibility index (Phi) is 23.9. The molecule has 0 heteroatoms. The van der Waals surface area contributed by atoms with Crippen LogP contribution in [0.3, 0.4) is 0 Å². The van der Waals surface area contributed by atoms with E-state index >= 15 is 0 Å². The molecule has 210 valence electrons. The first kappa shape index (κ1) is 39.4. The van der Waals surface area contributed by atoms with Crippen LogP contribution in [0.1, 0.15) is 87.6 Å². The van der Waals surface area contributed by atoms with Crippen molar-refractivity contribution in [3.05, 3.63) is 142 Å².